The minimum atomic E-state index is 0.414. The van der Waals surface area contributed by atoms with Crippen molar-refractivity contribution in [2.24, 2.45) is 0 Å². The average Bonchev–Trinajstić information content (AvgIpc) is 2.66. The zero-order chi connectivity index (χ0) is 10.7. The topological polar surface area (TPSA) is 15.3 Å². The number of thiophene rings is 1. The molecule has 1 saturated heterocycles. The van der Waals surface area contributed by atoms with Crippen molar-refractivity contribution in [1.82, 2.24) is 10.4 Å². The predicted molar refractivity (Wildman–Crippen MR) is 69.0 cm³/mol. The lowest BCUT2D eigenvalue weighted by atomic mass is 10.2. The molecule has 0 amide bonds. The van der Waals surface area contributed by atoms with Gasteiger partial charge in [0.05, 0.1) is 6.04 Å². The van der Waals surface area contributed by atoms with Crippen LogP contribution in [0.4, 0.5) is 0 Å². The van der Waals surface area contributed by atoms with Crippen molar-refractivity contribution < 1.29 is 0 Å². The van der Waals surface area contributed by atoms with Gasteiger partial charge < -0.3 is 0 Å². The first-order chi connectivity index (χ1) is 7.27. The molecule has 1 N–H and O–H groups in total. The first-order valence-electron chi connectivity index (χ1n) is 5.51. The summed E-state index contributed by atoms with van der Waals surface area (Å²) in [6, 6.07) is 2.53. The number of hydrazine groups is 1. The van der Waals surface area contributed by atoms with E-state index in [2.05, 4.69) is 44.7 Å². The summed E-state index contributed by atoms with van der Waals surface area (Å²) in [5, 5.41) is 4.49. The molecule has 1 atom stereocenters. The van der Waals surface area contributed by atoms with E-state index >= 15 is 0 Å². The largest absolute Gasteiger partial charge is 0.247 e. The molecule has 0 aliphatic carbocycles. The van der Waals surface area contributed by atoms with Crippen LogP contribution >= 0.6 is 27.3 Å². The second kappa shape index (κ2) is 5.43. The fourth-order valence-electron chi connectivity index (χ4n) is 1.97. The molecule has 2 nitrogen and oxygen atoms in total. The van der Waals surface area contributed by atoms with Crippen molar-refractivity contribution in [2.75, 3.05) is 13.1 Å². The molecule has 1 aliphatic heterocycles. The Bertz CT molecular complexity index is 307. The van der Waals surface area contributed by atoms with Gasteiger partial charge in [0.25, 0.3) is 0 Å². The first kappa shape index (κ1) is 11.6. The third-order valence-electron chi connectivity index (χ3n) is 2.77. The molecule has 0 spiro atoms. The van der Waals surface area contributed by atoms with Crippen molar-refractivity contribution in [3.8, 4) is 0 Å². The number of rotatable bonds is 3. The summed E-state index contributed by atoms with van der Waals surface area (Å²) < 4.78 is 1.23. The molecule has 2 rings (SSSR count). The third kappa shape index (κ3) is 3.03. The van der Waals surface area contributed by atoms with E-state index in [0.29, 0.717) is 6.04 Å². The SMILES string of the molecule is CC(NN1CCCCC1)c1sccc1Br. The van der Waals surface area contributed by atoms with Crippen LogP contribution in [0, 0.1) is 0 Å². The van der Waals surface area contributed by atoms with Crippen LogP contribution in [0.15, 0.2) is 15.9 Å². The van der Waals surface area contributed by atoms with Gasteiger partial charge >= 0.3 is 0 Å². The Morgan fingerprint density at radius 3 is 2.73 bits per heavy atom. The summed E-state index contributed by atoms with van der Waals surface area (Å²) in [5.41, 5.74) is 3.58. The van der Waals surface area contributed by atoms with E-state index in [1.54, 1.807) is 0 Å². The molecule has 0 radical (unpaired) electrons. The highest BCUT2D eigenvalue weighted by Crippen LogP contribution is 2.29. The molecule has 1 unspecified atom stereocenters. The van der Waals surface area contributed by atoms with Gasteiger partial charge in [0.1, 0.15) is 0 Å². The molecule has 4 heteroatoms. The Kier molecular flexibility index (Phi) is 4.20. The van der Waals surface area contributed by atoms with E-state index < -0.39 is 0 Å². The molecule has 1 aromatic rings. The lowest BCUT2D eigenvalue weighted by Crippen LogP contribution is -2.42. The smallest absolute Gasteiger partial charge is 0.0541 e. The van der Waals surface area contributed by atoms with Crippen LogP contribution in [0.1, 0.15) is 37.1 Å². The third-order valence-corrected chi connectivity index (χ3v) is 4.82. The average molecular weight is 289 g/mol. The molecule has 15 heavy (non-hydrogen) atoms. The van der Waals surface area contributed by atoms with Crippen molar-refractivity contribution in [1.29, 1.82) is 0 Å². The maximum Gasteiger partial charge on any atom is 0.0541 e. The summed E-state index contributed by atoms with van der Waals surface area (Å²) in [6.07, 6.45) is 4.03. The van der Waals surface area contributed by atoms with Gasteiger partial charge in [0.15, 0.2) is 0 Å². The lowest BCUT2D eigenvalue weighted by Gasteiger charge is -2.30. The minimum absolute atomic E-state index is 0.414. The van der Waals surface area contributed by atoms with Crippen LogP contribution in [0.5, 0.6) is 0 Å². The Hall–Kier alpha value is 0.100. The minimum Gasteiger partial charge on any atom is -0.247 e. The van der Waals surface area contributed by atoms with Gasteiger partial charge in [0, 0.05) is 22.4 Å². The Morgan fingerprint density at radius 2 is 2.13 bits per heavy atom. The van der Waals surface area contributed by atoms with Gasteiger partial charge in [-0.15, -0.1) is 11.3 Å². The van der Waals surface area contributed by atoms with Crippen molar-refractivity contribution in [3.05, 3.63) is 20.8 Å². The monoisotopic (exact) mass is 288 g/mol. The van der Waals surface area contributed by atoms with Gasteiger partial charge in [-0.1, -0.05) is 6.42 Å². The Labute approximate surface area is 104 Å². The van der Waals surface area contributed by atoms with Crippen molar-refractivity contribution in [2.45, 2.75) is 32.2 Å². The van der Waals surface area contributed by atoms with Crippen LogP contribution in [-0.2, 0) is 0 Å². The number of hydrogen-bond donors (Lipinski definition) is 1. The highest BCUT2D eigenvalue weighted by Gasteiger charge is 2.15. The fourth-order valence-corrected chi connectivity index (χ4v) is 3.69. The highest BCUT2D eigenvalue weighted by molar-refractivity contribution is 9.10. The first-order valence-corrected chi connectivity index (χ1v) is 7.18. The number of nitrogens with zero attached hydrogens (tertiary/aromatic N) is 1. The van der Waals surface area contributed by atoms with Crippen LogP contribution in [-0.4, -0.2) is 18.1 Å². The van der Waals surface area contributed by atoms with Crippen molar-refractivity contribution in [3.63, 3.8) is 0 Å². The van der Waals surface area contributed by atoms with E-state index in [9.17, 15) is 0 Å². The Morgan fingerprint density at radius 1 is 1.40 bits per heavy atom. The molecule has 84 valence electrons. The predicted octanol–water partition coefficient (Wildman–Crippen LogP) is 3.56. The summed E-state index contributed by atoms with van der Waals surface area (Å²) in [7, 11) is 0. The van der Waals surface area contributed by atoms with Crippen LogP contribution in [0.2, 0.25) is 0 Å². The number of nitrogens with one attached hydrogen (secondary N) is 1. The molecule has 2 heterocycles. The van der Waals surface area contributed by atoms with E-state index in [-0.39, 0.29) is 0 Å². The summed E-state index contributed by atoms with van der Waals surface area (Å²) in [6.45, 7) is 4.60. The van der Waals surface area contributed by atoms with Gasteiger partial charge in [-0.2, -0.15) is 0 Å². The van der Waals surface area contributed by atoms with Gasteiger partial charge in [0.2, 0.25) is 0 Å². The zero-order valence-corrected chi connectivity index (χ0v) is 11.4. The van der Waals surface area contributed by atoms with E-state index in [4.69, 9.17) is 0 Å². The van der Waals surface area contributed by atoms with Gasteiger partial charge in [-0.3, -0.25) is 0 Å². The van der Waals surface area contributed by atoms with Crippen LogP contribution in [0.3, 0.4) is 0 Å². The molecular weight excluding hydrogens is 272 g/mol. The molecule has 0 saturated carbocycles. The second-order valence-electron chi connectivity index (χ2n) is 4.03. The van der Waals surface area contributed by atoms with E-state index in [1.165, 1.54) is 41.7 Å². The zero-order valence-electron chi connectivity index (χ0n) is 9.00. The highest BCUT2D eigenvalue weighted by atomic mass is 79.9. The molecule has 1 fully saturated rings. The molecular formula is C11H17BrN2S. The van der Waals surface area contributed by atoms with E-state index in [0.717, 1.165) is 0 Å². The normalized spacial score (nSPS) is 20.4. The lowest BCUT2D eigenvalue weighted by molar-refractivity contribution is 0.134. The summed E-state index contributed by atoms with van der Waals surface area (Å²) in [4.78, 5) is 1.39. The van der Waals surface area contributed by atoms with Crippen molar-refractivity contribution >= 4 is 27.3 Å². The van der Waals surface area contributed by atoms with Crippen LogP contribution in [0.25, 0.3) is 0 Å². The number of hydrogen-bond acceptors (Lipinski definition) is 3. The maximum atomic E-state index is 3.58. The summed E-state index contributed by atoms with van der Waals surface area (Å²) >= 11 is 5.39. The fraction of sp³-hybridized carbons (Fsp3) is 0.636. The molecule has 1 aliphatic rings. The quantitative estimate of drug-likeness (QED) is 0.915. The number of piperidine rings is 1. The van der Waals surface area contributed by atoms with Crippen LogP contribution < -0.4 is 5.43 Å². The molecule has 1 aromatic heterocycles. The standard InChI is InChI=1S/C11H17BrN2S/c1-9(11-10(12)5-8-15-11)13-14-6-3-2-4-7-14/h5,8-9,13H,2-4,6-7H2,1H3. The van der Waals surface area contributed by atoms with Gasteiger partial charge in [-0.25, -0.2) is 10.4 Å². The summed E-state index contributed by atoms with van der Waals surface area (Å²) in [5.74, 6) is 0. The number of halogens is 1. The van der Waals surface area contributed by atoms with Gasteiger partial charge in [-0.05, 0) is 47.1 Å². The molecule has 0 aromatic carbocycles. The Balaban J connectivity index is 1.91. The second-order valence-corrected chi connectivity index (χ2v) is 5.83. The maximum absolute atomic E-state index is 3.58. The van der Waals surface area contributed by atoms with E-state index in [1.807, 2.05) is 11.3 Å². The molecule has 0 bridgehead atoms.